The van der Waals surface area contributed by atoms with E-state index in [1.165, 1.54) is 5.56 Å². The van der Waals surface area contributed by atoms with E-state index >= 15 is 0 Å². The van der Waals surface area contributed by atoms with Gasteiger partial charge in [-0.15, -0.1) is 0 Å². The van der Waals surface area contributed by atoms with Gasteiger partial charge < -0.3 is 10.1 Å². The van der Waals surface area contributed by atoms with Crippen LogP contribution in [0.15, 0.2) is 16.8 Å². The first-order chi connectivity index (χ1) is 8.75. The number of hydrogen-bond donors (Lipinski definition) is 1. The number of thiophene rings is 1. The molecule has 1 fully saturated rings. The van der Waals surface area contributed by atoms with Gasteiger partial charge in [0.25, 0.3) is 0 Å². The van der Waals surface area contributed by atoms with E-state index in [1.54, 1.807) is 11.3 Å². The highest BCUT2D eigenvalue weighted by atomic mass is 32.1. The van der Waals surface area contributed by atoms with E-state index in [4.69, 9.17) is 4.74 Å². The molecule has 2 rings (SSSR count). The molecule has 1 atom stereocenters. The second-order valence-electron chi connectivity index (χ2n) is 5.17. The van der Waals surface area contributed by atoms with Gasteiger partial charge in [0.15, 0.2) is 0 Å². The Morgan fingerprint density at radius 1 is 1.56 bits per heavy atom. The molecule has 1 aliphatic rings. The fourth-order valence-corrected chi connectivity index (χ4v) is 2.97. The molecule has 0 aliphatic carbocycles. The molecule has 1 aromatic rings. The highest BCUT2D eigenvalue weighted by Gasteiger charge is 2.21. The fourth-order valence-electron chi connectivity index (χ4n) is 2.27. The van der Waals surface area contributed by atoms with Gasteiger partial charge >= 0.3 is 0 Å². The van der Waals surface area contributed by atoms with E-state index in [9.17, 15) is 0 Å². The SMILES string of the molecule is CC(C)N1CCOC(CNCCc2ccsc2)C1. The summed E-state index contributed by atoms with van der Waals surface area (Å²) in [4.78, 5) is 2.49. The van der Waals surface area contributed by atoms with Crippen LogP contribution >= 0.6 is 11.3 Å². The van der Waals surface area contributed by atoms with Crippen molar-refractivity contribution < 1.29 is 4.74 Å². The Labute approximate surface area is 114 Å². The predicted molar refractivity (Wildman–Crippen MR) is 77.3 cm³/mol. The van der Waals surface area contributed by atoms with Crippen molar-refractivity contribution in [3.8, 4) is 0 Å². The zero-order valence-corrected chi connectivity index (χ0v) is 12.2. The van der Waals surface area contributed by atoms with Crippen LogP contribution in [0.4, 0.5) is 0 Å². The summed E-state index contributed by atoms with van der Waals surface area (Å²) in [6.07, 6.45) is 1.47. The van der Waals surface area contributed by atoms with Crippen LogP contribution in [0.5, 0.6) is 0 Å². The van der Waals surface area contributed by atoms with Crippen LogP contribution in [0, 0.1) is 0 Å². The van der Waals surface area contributed by atoms with Crippen molar-refractivity contribution in [2.75, 3.05) is 32.8 Å². The minimum Gasteiger partial charge on any atom is -0.374 e. The van der Waals surface area contributed by atoms with Crippen LogP contribution in [-0.4, -0.2) is 49.8 Å². The van der Waals surface area contributed by atoms with Crippen molar-refractivity contribution in [3.05, 3.63) is 22.4 Å². The van der Waals surface area contributed by atoms with Gasteiger partial charge in [-0.3, -0.25) is 4.90 Å². The summed E-state index contributed by atoms with van der Waals surface area (Å²) < 4.78 is 5.79. The molecule has 1 N–H and O–H groups in total. The third-order valence-corrected chi connectivity index (χ3v) is 4.18. The summed E-state index contributed by atoms with van der Waals surface area (Å²) in [5, 5.41) is 7.87. The van der Waals surface area contributed by atoms with Crippen molar-refractivity contribution in [1.82, 2.24) is 10.2 Å². The van der Waals surface area contributed by atoms with Gasteiger partial charge in [0.05, 0.1) is 12.7 Å². The molecular formula is C14H24N2OS. The van der Waals surface area contributed by atoms with E-state index in [1.807, 2.05) is 0 Å². The molecule has 0 spiro atoms. The molecule has 102 valence electrons. The van der Waals surface area contributed by atoms with Crippen molar-refractivity contribution in [3.63, 3.8) is 0 Å². The van der Waals surface area contributed by atoms with Gasteiger partial charge in [-0.25, -0.2) is 0 Å². The van der Waals surface area contributed by atoms with Crippen molar-refractivity contribution in [2.24, 2.45) is 0 Å². The predicted octanol–water partition coefficient (Wildman–Crippen LogP) is 1.99. The average Bonchev–Trinajstić information content (AvgIpc) is 2.88. The lowest BCUT2D eigenvalue weighted by Crippen LogP contribution is -2.49. The quantitative estimate of drug-likeness (QED) is 0.799. The maximum Gasteiger partial charge on any atom is 0.0826 e. The summed E-state index contributed by atoms with van der Waals surface area (Å²) in [6.45, 7) is 9.52. The van der Waals surface area contributed by atoms with E-state index in [2.05, 4.69) is 40.9 Å². The first-order valence-electron chi connectivity index (χ1n) is 6.83. The largest absolute Gasteiger partial charge is 0.374 e. The van der Waals surface area contributed by atoms with Gasteiger partial charge in [0.1, 0.15) is 0 Å². The van der Waals surface area contributed by atoms with Crippen LogP contribution in [0.3, 0.4) is 0 Å². The van der Waals surface area contributed by atoms with Gasteiger partial charge in [0.2, 0.25) is 0 Å². The first-order valence-corrected chi connectivity index (χ1v) is 7.77. The van der Waals surface area contributed by atoms with Crippen molar-refractivity contribution in [1.29, 1.82) is 0 Å². The summed E-state index contributed by atoms with van der Waals surface area (Å²) in [5.41, 5.74) is 1.43. The third kappa shape index (κ3) is 4.35. The zero-order valence-electron chi connectivity index (χ0n) is 11.4. The normalized spacial score (nSPS) is 21.6. The van der Waals surface area contributed by atoms with Crippen LogP contribution < -0.4 is 5.32 Å². The maximum absolute atomic E-state index is 5.79. The molecule has 2 heterocycles. The standard InChI is InChI=1S/C14H24N2OS/c1-12(2)16-6-7-17-14(10-16)9-15-5-3-13-4-8-18-11-13/h4,8,11-12,14-15H,3,5-7,9-10H2,1-2H3. The second kappa shape index (κ2) is 7.24. The minimum atomic E-state index is 0.351. The van der Waals surface area contributed by atoms with Gasteiger partial charge in [-0.2, -0.15) is 11.3 Å². The first kappa shape index (κ1) is 14.0. The Morgan fingerprint density at radius 2 is 2.44 bits per heavy atom. The molecular weight excluding hydrogens is 244 g/mol. The van der Waals surface area contributed by atoms with E-state index < -0.39 is 0 Å². The topological polar surface area (TPSA) is 24.5 Å². The van der Waals surface area contributed by atoms with Crippen LogP contribution in [0.2, 0.25) is 0 Å². The molecule has 18 heavy (non-hydrogen) atoms. The molecule has 0 bridgehead atoms. The monoisotopic (exact) mass is 268 g/mol. The third-order valence-electron chi connectivity index (χ3n) is 3.44. The Balaban J connectivity index is 1.61. The summed E-state index contributed by atoms with van der Waals surface area (Å²) >= 11 is 1.77. The highest BCUT2D eigenvalue weighted by Crippen LogP contribution is 2.08. The maximum atomic E-state index is 5.79. The van der Waals surface area contributed by atoms with E-state index in [0.717, 1.165) is 39.2 Å². The van der Waals surface area contributed by atoms with Crippen LogP contribution in [0.25, 0.3) is 0 Å². The summed E-state index contributed by atoms with van der Waals surface area (Å²) in [7, 11) is 0. The number of nitrogens with zero attached hydrogens (tertiary/aromatic N) is 1. The lowest BCUT2D eigenvalue weighted by atomic mass is 10.2. The number of hydrogen-bond acceptors (Lipinski definition) is 4. The Kier molecular flexibility index (Phi) is 5.63. The molecule has 1 aliphatic heterocycles. The van der Waals surface area contributed by atoms with E-state index in [-0.39, 0.29) is 0 Å². The number of ether oxygens (including phenoxy) is 1. The Morgan fingerprint density at radius 3 is 3.17 bits per heavy atom. The molecule has 1 aromatic heterocycles. The number of nitrogens with one attached hydrogen (secondary N) is 1. The molecule has 1 saturated heterocycles. The number of morpholine rings is 1. The summed E-state index contributed by atoms with van der Waals surface area (Å²) in [5.74, 6) is 0. The van der Waals surface area contributed by atoms with Gasteiger partial charge in [-0.05, 0) is 49.2 Å². The fraction of sp³-hybridized carbons (Fsp3) is 0.714. The van der Waals surface area contributed by atoms with Crippen molar-refractivity contribution in [2.45, 2.75) is 32.4 Å². The minimum absolute atomic E-state index is 0.351. The molecule has 4 heteroatoms. The molecule has 3 nitrogen and oxygen atoms in total. The second-order valence-corrected chi connectivity index (χ2v) is 5.95. The average molecular weight is 268 g/mol. The molecule has 0 saturated carbocycles. The number of rotatable bonds is 6. The summed E-state index contributed by atoms with van der Waals surface area (Å²) in [6, 6.07) is 2.83. The smallest absolute Gasteiger partial charge is 0.0826 e. The van der Waals surface area contributed by atoms with Crippen LogP contribution in [0.1, 0.15) is 19.4 Å². The van der Waals surface area contributed by atoms with Gasteiger partial charge in [0, 0.05) is 25.7 Å². The van der Waals surface area contributed by atoms with E-state index in [0.29, 0.717) is 12.1 Å². The highest BCUT2D eigenvalue weighted by molar-refractivity contribution is 7.07. The molecule has 1 unspecified atom stereocenters. The Hall–Kier alpha value is -0.420. The van der Waals surface area contributed by atoms with Crippen LogP contribution in [-0.2, 0) is 11.2 Å². The lowest BCUT2D eigenvalue weighted by molar-refractivity contribution is -0.0370. The molecule has 0 amide bonds. The zero-order chi connectivity index (χ0) is 12.8. The molecule has 0 aromatic carbocycles. The van der Waals surface area contributed by atoms with Crippen molar-refractivity contribution >= 4 is 11.3 Å². The Bertz CT molecular complexity index is 327. The van der Waals surface area contributed by atoms with Gasteiger partial charge in [-0.1, -0.05) is 0 Å². The lowest BCUT2D eigenvalue weighted by Gasteiger charge is -2.35. The molecule has 0 radical (unpaired) electrons.